The van der Waals surface area contributed by atoms with Crippen LogP contribution in [-0.2, 0) is 0 Å². The molecule has 0 heterocycles. The second kappa shape index (κ2) is 7.91. The molecule has 0 spiro atoms. The van der Waals surface area contributed by atoms with Crippen LogP contribution in [0, 0.1) is 10.1 Å². The molecule has 8 heteroatoms. The van der Waals surface area contributed by atoms with E-state index >= 15 is 0 Å². The zero-order valence-corrected chi connectivity index (χ0v) is 14.0. The molecule has 0 fully saturated rings. The summed E-state index contributed by atoms with van der Waals surface area (Å²) in [6, 6.07) is 10.8. The Bertz CT molecular complexity index is 811. The van der Waals surface area contributed by atoms with Gasteiger partial charge < -0.3 is 9.47 Å². The molecule has 2 rings (SSSR count). The number of carbonyl (C=O) groups excluding carboxylic acids is 1. The van der Waals surface area contributed by atoms with Gasteiger partial charge in [0.2, 0.25) is 0 Å². The first kappa shape index (κ1) is 17.9. The number of non-ortho nitro benzene ring substituents is 1. The summed E-state index contributed by atoms with van der Waals surface area (Å²) in [6.07, 6.45) is 0. The molecule has 1 amide bonds. The third-order valence-electron chi connectivity index (χ3n) is 3.41. The summed E-state index contributed by atoms with van der Waals surface area (Å²) < 4.78 is 10.2. The lowest BCUT2D eigenvalue weighted by molar-refractivity contribution is -0.384. The molecule has 0 aliphatic carbocycles. The number of rotatable bonds is 6. The van der Waals surface area contributed by atoms with Gasteiger partial charge in [0.25, 0.3) is 11.6 Å². The maximum atomic E-state index is 12.3. The Labute approximate surface area is 144 Å². The van der Waals surface area contributed by atoms with Gasteiger partial charge in [0.15, 0.2) is 0 Å². The van der Waals surface area contributed by atoms with Crippen molar-refractivity contribution < 1.29 is 19.2 Å². The van der Waals surface area contributed by atoms with Crippen LogP contribution in [0.15, 0.2) is 47.6 Å². The van der Waals surface area contributed by atoms with Gasteiger partial charge in [-0.05, 0) is 19.1 Å². The summed E-state index contributed by atoms with van der Waals surface area (Å²) in [6.45, 7) is 1.64. The maximum absolute atomic E-state index is 12.3. The molecular weight excluding hydrogens is 326 g/mol. The fraction of sp³-hybridized carbons (Fsp3) is 0.176. The number of nitrogens with zero attached hydrogens (tertiary/aromatic N) is 2. The second-order valence-corrected chi connectivity index (χ2v) is 5.05. The lowest BCUT2D eigenvalue weighted by Gasteiger charge is -2.08. The van der Waals surface area contributed by atoms with Crippen molar-refractivity contribution in [1.82, 2.24) is 5.43 Å². The standard InChI is InChI=1S/C17H17N3O5/c1-11(12-5-4-6-14(7-12)20(22)23)18-19-17(21)13-8-15(24-2)10-16(9-13)25-3/h4-10H,1-3H3,(H,19,21)/b18-11-. The highest BCUT2D eigenvalue weighted by molar-refractivity contribution is 6.01. The molecule has 2 aromatic carbocycles. The first-order valence-electron chi connectivity index (χ1n) is 7.27. The quantitative estimate of drug-likeness (QED) is 0.493. The zero-order valence-electron chi connectivity index (χ0n) is 14.0. The fourth-order valence-electron chi connectivity index (χ4n) is 2.05. The van der Waals surface area contributed by atoms with Crippen molar-refractivity contribution in [3.63, 3.8) is 0 Å². The van der Waals surface area contributed by atoms with E-state index in [1.807, 2.05) is 0 Å². The third kappa shape index (κ3) is 4.54. The van der Waals surface area contributed by atoms with Crippen LogP contribution in [0.1, 0.15) is 22.8 Å². The number of nitro groups is 1. The Morgan fingerprint density at radius 2 is 1.72 bits per heavy atom. The monoisotopic (exact) mass is 343 g/mol. The van der Waals surface area contributed by atoms with E-state index in [1.165, 1.54) is 26.4 Å². The maximum Gasteiger partial charge on any atom is 0.271 e. The molecular formula is C17H17N3O5. The topological polar surface area (TPSA) is 103 Å². The van der Waals surface area contributed by atoms with Gasteiger partial charge >= 0.3 is 0 Å². The van der Waals surface area contributed by atoms with Crippen molar-refractivity contribution >= 4 is 17.3 Å². The lowest BCUT2D eigenvalue weighted by atomic mass is 10.1. The summed E-state index contributed by atoms with van der Waals surface area (Å²) in [5.74, 6) is 0.495. The van der Waals surface area contributed by atoms with Crippen LogP contribution in [0.2, 0.25) is 0 Å². The van der Waals surface area contributed by atoms with Crippen LogP contribution < -0.4 is 14.9 Å². The van der Waals surface area contributed by atoms with E-state index in [0.717, 1.165) is 0 Å². The Hall–Kier alpha value is -3.42. The number of hydrogen-bond acceptors (Lipinski definition) is 6. The molecule has 8 nitrogen and oxygen atoms in total. The molecule has 0 aliphatic rings. The van der Waals surface area contributed by atoms with Crippen molar-refractivity contribution in [1.29, 1.82) is 0 Å². The van der Waals surface area contributed by atoms with Gasteiger partial charge in [0.1, 0.15) is 11.5 Å². The van der Waals surface area contributed by atoms with Crippen LogP contribution in [-0.4, -0.2) is 30.8 Å². The largest absolute Gasteiger partial charge is 0.497 e. The van der Waals surface area contributed by atoms with E-state index in [-0.39, 0.29) is 5.69 Å². The molecule has 0 saturated carbocycles. The summed E-state index contributed by atoms with van der Waals surface area (Å²) in [5, 5.41) is 14.8. The predicted molar refractivity (Wildman–Crippen MR) is 92.3 cm³/mol. The molecule has 1 N–H and O–H groups in total. The molecule has 2 aromatic rings. The minimum atomic E-state index is -0.488. The van der Waals surface area contributed by atoms with Crippen molar-refractivity contribution in [2.45, 2.75) is 6.92 Å². The first-order valence-corrected chi connectivity index (χ1v) is 7.27. The average molecular weight is 343 g/mol. The van der Waals surface area contributed by atoms with Crippen LogP contribution in [0.5, 0.6) is 11.5 Å². The van der Waals surface area contributed by atoms with E-state index in [2.05, 4.69) is 10.5 Å². The molecule has 0 aliphatic heterocycles. The fourth-order valence-corrected chi connectivity index (χ4v) is 2.05. The Kier molecular flexibility index (Phi) is 5.67. The van der Waals surface area contributed by atoms with Crippen molar-refractivity contribution in [2.75, 3.05) is 14.2 Å². The highest BCUT2D eigenvalue weighted by Crippen LogP contribution is 2.22. The van der Waals surface area contributed by atoms with Crippen molar-refractivity contribution in [3.05, 3.63) is 63.7 Å². The summed E-state index contributed by atoms with van der Waals surface area (Å²) in [7, 11) is 2.97. The predicted octanol–water partition coefficient (Wildman–Crippen LogP) is 2.77. The summed E-state index contributed by atoms with van der Waals surface area (Å²) in [5.41, 5.74) is 3.66. The van der Waals surface area contributed by atoms with Crippen molar-refractivity contribution in [2.24, 2.45) is 5.10 Å². The van der Waals surface area contributed by atoms with Gasteiger partial charge in [-0.3, -0.25) is 14.9 Å². The number of nitro benzene ring substituents is 1. The number of nitrogens with one attached hydrogen (secondary N) is 1. The Morgan fingerprint density at radius 1 is 1.08 bits per heavy atom. The van der Waals surface area contributed by atoms with E-state index < -0.39 is 10.8 Å². The van der Waals surface area contributed by atoms with E-state index in [0.29, 0.717) is 28.3 Å². The molecule has 130 valence electrons. The van der Waals surface area contributed by atoms with Crippen molar-refractivity contribution in [3.8, 4) is 11.5 Å². The molecule has 0 saturated heterocycles. The molecule has 0 radical (unpaired) electrons. The molecule has 0 aromatic heterocycles. The summed E-state index contributed by atoms with van der Waals surface area (Å²) in [4.78, 5) is 22.6. The SMILES string of the molecule is COc1cc(OC)cc(C(=O)N/N=C(/C)c2cccc([N+](=O)[O-])c2)c1. The Balaban J connectivity index is 2.19. The van der Waals surface area contributed by atoms with E-state index in [4.69, 9.17) is 9.47 Å². The van der Waals surface area contributed by atoms with E-state index in [1.54, 1.807) is 37.3 Å². The highest BCUT2D eigenvalue weighted by Gasteiger charge is 2.11. The molecule has 0 unspecified atom stereocenters. The number of amides is 1. The smallest absolute Gasteiger partial charge is 0.271 e. The minimum absolute atomic E-state index is 0.0455. The number of hydrazone groups is 1. The van der Waals surface area contributed by atoms with Gasteiger partial charge in [0, 0.05) is 29.3 Å². The van der Waals surface area contributed by atoms with Gasteiger partial charge in [0.05, 0.1) is 24.9 Å². The highest BCUT2D eigenvalue weighted by atomic mass is 16.6. The van der Waals surface area contributed by atoms with Gasteiger partial charge in [-0.15, -0.1) is 0 Å². The number of benzene rings is 2. The Morgan fingerprint density at radius 3 is 2.28 bits per heavy atom. The number of carbonyl (C=O) groups is 1. The van der Waals surface area contributed by atoms with Gasteiger partial charge in [-0.25, -0.2) is 5.43 Å². The second-order valence-electron chi connectivity index (χ2n) is 5.05. The lowest BCUT2D eigenvalue weighted by Crippen LogP contribution is -2.19. The third-order valence-corrected chi connectivity index (χ3v) is 3.41. The van der Waals surface area contributed by atoms with E-state index in [9.17, 15) is 14.9 Å². The van der Waals surface area contributed by atoms with Crippen LogP contribution in [0.4, 0.5) is 5.69 Å². The normalized spacial score (nSPS) is 10.9. The minimum Gasteiger partial charge on any atom is -0.497 e. The first-order chi connectivity index (χ1) is 11.9. The number of methoxy groups -OCH3 is 2. The number of hydrogen-bond donors (Lipinski definition) is 1. The van der Waals surface area contributed by atoms with Gasteiger partial charge in [-0.1, -0.05) is 12.1 Å². The molecule has 0 bridgehead atoms. The zero-order chi connectivity index (χ0) is 18.4. The van der Waals surface area contributed by atoms with Crippen LogP contribution >= 0.6 is 0 Å². The average Bonchev–Trinajstić information content (AvgIpc) is 2.65. The van der Waals surface area contributed by atoms with Gasteiger partial charge in [-0.2, -0.15) is 5.10 Å². The van der Waals surface area contributed by atoms with Crippen LogP contribution in [0.3, 0.4) is 0 Å². The molecule has 0 atom stereocenters. The summed E-state index contributed by atoms with van der Waals surface area (Å²) >= 11 is 0. The van der Waals surface area contributed by atoms with Crippen LogP contribution in [0.25, 0.3) is 0 Å². The number of ether oxygens (including phenoxy) is 2. The molecule has 25 heavy (non-hydrogen) atoms.